The average molecular weight is 399 g/mol. The molecular formula is C24H21N3O3. The van der Waals surface area contributed by atoms with E-state index in [4.69, 9.17) is 0 Å². The summed E-state index contributed by atoms with van der Waals surface area (Å²) in [6.07, 6.45) is 1.49. The Hall–Kier alpha value is -3.80. The van der Waals surface area contributed by atoms with Crippen molar-refractivity contribution >= 4 is 16.6 Å². The SMILES string of the molecule is CCCc1nc(=O)c2cc([N+](=O)[O-])ccc2n1Cc1ccccc1-c1ccccc1. The monoisotopic (exact) mass is 399 g/mol. The standard InChI is InChI=1S/C24H21N3O3/c1-2-8-23-25-24(28)21-15-19(27(29)30)13-14-22(21)26(23)16-18-11-6-7-12-20(18)17-9-4-3-5-10-17/h3-7,9-15H,2,8,16H2,1H3. The number of aromatic nitrogens is 2. The molecule has 4 aromatic rings. The average Bonchev–Trinajstić information content (AvgIpc) is 2.77. The van der Waals surface area contributed by atoms with E-state index < -0.39 is 10.5 Å². The van der Waals surface area contributed by atoms with Crippen molar-refractivity contribution in [1.29, 1.82) is 0 Å². The molecule has 0 saturated carbocycles. The van der Waals surface area contributed by atoms with E-state index in [2.05, 4.69) is 29.2 Å². The number of aryl methyl sites for hydroxylation is 1. The molecule has 1 aromatic heterocycles. The molecule has 0 aliphatic carbocycles. The fraction of sp³-hybridized carbons (Fsp3) is 0.167. The Morgan fingerprint density at radius 3 is 2.47 bits per heavy atom. The predicted molar refractivity (Wildman–Crippen MR) is 118 cm³/mol. The maximum atomic E-state index is 12.6. The molecule has 0 bridgehead atoms. The fourth-order valence-electron chi connectivity index (χ4n) is 3.74. The van der Waals surface area contributed by atoms with Crippen LogP contribution in [-0.4, -0.2) is 14.5 Å². The van der Waals surface area contributed by atoms with Gasteiger partial charge >= 0.3 is 0 Å². The van der Waals surface area contributed by atoms with Gasteiger partial charge in [0.15, 0.2) is 0 Å². The van der Waals surface area contributed by atoms with Gasteiger partial charge in [-0.15, -0.1) is 0 Å². The quantitative estimate of drug-likeness (QED) is 0.339. The van der Waals surface area contributed by atoms with E-state index in [1.54, 1.807) is 6.07 Å². The Morgan fingerprint density at radius 1 is 1.00 bits per heavy atom. The first-order chi connectivity index (χ1) is 14.6. The maximum absolute atomic E-state index is 12.6. The highest BCUT2D eigenvalue weighted by Crippen LogP contribution is 2.26. The highest BCUT2D eigenvalue weighted by Gasteiger charge is 2.16. The van der Waals surface area contributed by atoms with Crippen LogP contribution in [-0.2, 0) is 13.0 Å². The lowest BCUT2D eigenvalue weighted by molar-refractivity contribution is -0.384. The molecule has 6 heteroatoms. The van der Waals surface area contributed by atoms with Crippen molar-refractivity contribution in [3.05, 3.63) is 105 Å². The van der Waals surface area contributed by atoms with Crippen molar-refractivity contribution in [3.8, 4) is 11.1 Å². The summed E-state index contributed by atoms with van der Waals surface area (Å²) in [5.74, 6) is 0.687. The summed E-state index contributed by atoms with van der Waals surface area (Å²) < 4.78 is 2.01. The van der Waals surface area contributed by atoms with Gasteiger partial charge < -0.3 is 4.57 Å². The molecule has 0 amide bonds. The third kappa shape index (κ3) is 3.72. The second-order valence-corrected chi connectivity index (χ2v) is 7.15. The fourth-order valence-corrected chi connectivity index (χ4v) is 3.74. The molecular weight excluding hydrogens is 378 g/mol. The molecule has 1 heterocycles. The van der Waals surface area contributed by atoms with E-state index in [0.29, 0.717) is 24.3 Å². The van der Waals surface area contributed by atoms with Gasteiger partial charge in [-0.25, -0.2) is 0 Å². The number of rotatable bonds is 6. The lowest BCUT2D eigenvalue weighted by Gasteiger charge is -2.18. The van der Waals surface area contributed by atoms with Gasteiger partial charge in [-0.05, 0) is 29.2 Å². The molecule has 30 heavy (non-hydrogen) atoms. The lowest BCUT2D eigenvalue weighted by Crippen LogP contribution is -2.20. The van der Waals surface area contributed by atoms with E-state index in [1.165, 1.54) is 12.1 Å². The van der Waals surface area contributed by atoms with Gasteiger partial charge in [0, 0.05) is 25.1 Å². The number of benzene rings is 3. The number of nitro benzene ring substituents is 1. The van der Waals surface area contributed by atoms with Crippen LogP contribution in [0.1, 0.15) is 24.7 Å². The van der Waals surface area contributed by atoms with Crippen LogP contribution in [0.15, 0.2) is 77.6 Å². The first-order valence-corrected chi connectivity index (χ1v) is 9.89. The Bertz CT molecular complexity index is 1280. The smallest absolute Gasteiger partial charge is 0.281 e. The van der Waals surface area contributed by atoms with Crippen molar-refractivity contribution < 1.29 is 4.92 Å². The Kier molecular flexibility index (Phi) is 5.39. The number of fused-ring (bicyclic) bond motifs is 1. The molecule has 0 aliphatic rings. The van der Waals surface area contributed by atoms with Gasteiger partial charge in [-0.1, -0.05) is 61.5 Å². The van der Waals surface area contributed by atoms with E-state index in [1.807, 2.05) is 41.8 Å². The summed E-state index contributed by atoms with van der Waals surface area (Å²) in [5.41, 5.74) is 3.43. The minimum Gasteiger partial charge on any atom is -0.324 e. The van der Waals surface area contributed by atoms with Gasteiger partial charge in [-0.2, -0.15) is 4.98 Å². The second-order valence-electron chi connectivity index (χ2n) is 7.15. The van der Waals surface area contributed by atoms with Crippen molar-refractivity contribution in [1.82, 2.24) is 9.55 Å². The largest absolute Gasteiger partial charge is 0.324 e. The zero-order chi connectivity index (χ0) is 21.1. The number of hydrogen-bond donors (Lipinski definition) is 0. The second kappa shape index (κ2) is 8.29. The topological polar surface area (TPSA) is 78.0 Å². The highest BCUT2D eigenvalue weighted by molar-refractivity contribution is 5.81. The molecule has 3 aromatic carbocycles. The predicted octanol–water partition coefficient (Wildman–Crippen LogP) is 4.97. The molecule has 0 spiro atoms. The molecule has 0 aliphatic heterocycles. The van der Waals surface area contributed by atoms with Crippen molar-refractivity contribution in [2.45, 2.75) is 26.3 Å². The molecule has 0 N–H and O–H groups in total. The Balaban J connectivity index is 1.91. The van der Waals surface area contributed by atoms with Crippen LogP contribution in [0.4, 0.5) is 5.69 Å². The lowest BCUT2D eigenvalue weighted by atomic mass is 9.99. The van der Waals surface area contributed by atoms with Gasteiger partial charge in [0.25, 0.3) is 11.2 Å². The van der Waals surface area contributed by atoms with Crippen LogP contribution in [0.3, 0.4) is 0 Å². The summed E-state index contributed by atoms with van der Waals surface area (Å²) in [5, 5.41) is 11.4. The first kappa shape index (κ1) is 19.5. The van der Waals surface area contributed by atoms with Crippen LogP contribution in [0, 0.1) is 10.1 Å². The van der Waals surface area contributed by atoms with Gasteiger partial charge in [-0.3, -0.25) is 14.9 Å². The zero-order valence-electron chi connectivity index (χ0n) is 16.6. The van der Waals surface area contributed by atoms with Crippen molar-refractivity contribution in [3.63, 3.8) is 0 Å². The zero-order valence-corrected chi connectivity index (χ0v) is 16.6. The van der Waals surface area contributed by atoms with Gasteiger partial charge in [0.05, 0.1) is 15.8 Å². The Morgan fingerprint density at radius 2 is 1.73 bits per heavy atom. The number of non-ortho nitro benzene ring substituents is 1. The minimum atomic E-state index is -0.492. The molecule has 4 rings (SSSR count). The molecule has 0 atom stereocenters. The van der Waals surface area contributed by atoms with E-state index >= 15 is 0 Å². The summed E-state index contributed by atoms with van der Waals surface area (Å²) in [7, 11) is 0. The number of nitrogens with zero attached hydrogens (tertiary/aromatic N) is 3. The normalized spacial score (nSPS) is 11.0. The van der Waals surface area contributed by atoms with Crippen LogP contribution in [0.25, 0.3) is 22.0 Å². The highest BCUT2D eigenvalue weighted by atomic mass is 16.6. The van der Waals surface area contributed by atoms with Crippen LogP contribution in [0.5, 0.6) is 0 Å². The molecule has 150 valence electrons. The summed E-state index contributed by atoms with van der Waals surface area (Å²) in [4.78, 5) is 27.6. The molecule has 0 fully saturated rings. The van der Waals surface area contributed by atoms with Crippen LogP contribution >= 0.6 is 0 Å². The summed E-state index contributed by atoms with van der Waals surface area (Å²) >= 11 is 0. The van der Waals surface area contributed by atoms with Crippen molar-refractivity contribution in [2.75, 3.05) is 0 Å². The third-order valence-corrected chi connectivity index (χ3v) is 5.16. The van der Waals surface area contributed by atoms with Gasteiger partial charge in [0.1, 0.15) is 5.82 Å². The minimum absolute atomic E-state index is 0.110. The molecule has 0 saturated heterocycles. The molecule has 6 nitrogen and oxygen atoms in total. The molecule has 0 radical (unpaired) electrons. The third-order valence-electron chi connectivity index (χ3n) is 5.16. The van der Waals surface area contributed by atoms with Crippen LogP contribution < -0.4 is 5.56 Å². The van der Waals surface area contributed by atoms with E-state index in [-0.39, 0.29) is 11.1 Å². The molecule has 0 unspecified atom stereocenters. The summed E-state index contributed by atoms with van der Waals surface area (Å²) in [6.45, 7) is 2.55. The van der Waals surface area contributed by atoms with E-state index in [9.17, 15) is 14.9 Å². The first-order valence-electron chi connectivity index (χ1n) is 9.89. The van der Waals surface area contributed by atoms with Crippen molar-refractivity contribution in [2.24, 2.45) is 0 Å². The van der Waals surface area contributed by atoms with E-state index in [0.717, 1.165) is 23.1 Å². The summed E-state index contributed by atoms with van der Waals surface area (Å²) in [6, 6.07) is 22.7. The van der Waals surface area contributed by atoms with Gasteiger partial charge in [0.2, 0.25) is 0 Å². The number of nitro groups is 1. The number of hydrogen-bond acceptors (Lipinski definition) is 4. The van der Waals surface area contributed by atoms with Crippen LogP contribution in [0.2, 0.25) is 0 Å². The Labute approximate surface area is 173 Å². The maximum Gasteiger partial charge on any atom is 0.281 e.